The Morgan fingerprint density at radius 3 is 2.22 bits per heavy atom. The number of nitrogens with one attached hydrogen (secondary N) is 1. The van der Waals surface area contributed by atoms with E-state index >= 15 is 0 Å². The van der Waals surface area contributed by atoms with Gasteiger partial charge in [-0.05, 0) is 134 Å². The predicted octanol–water partition coefficient (Wildman–Crippen LogP) is 9.75. The molecule has 4 saturated carbocycles. The van der Waals surface area contributed by atoms with Crippen molar-refractivity contribution in [3.8, 4) is 0 Å². The quantitative estimate of drug-likeness (QED) is 0.213. The lowest BCUT2D eigenvalue weighted by molar-refractivity contribution is -0.235. The highest BCUT2D eigenvalue weighted by molar-refractivity contribution is 6.30. The van der Waals surface area contributed by atoms with Gasteiger partial charge in [-0.25, -0.2) is 0 Å². The molecule has 0 radical (unpaired) electrons. The molecule has 0 amide bonds. The fourth-order valence-corrected chi connectivity index (χ4v) is 13.5. The Balaban J connectivity index is 1.30. The SMILES string of the molecule is CC(=O)O[C@H](CNCc1ccc(Cl)cc1)[C@@]12CC[C@]3(C)[C@H](CCC4[C@@]5(C)CC[C@H](OC(=O)CC(C)(C)C(=O)O)C(C)(C)C5CC[C@]43C)C1=C(C(C)C)C(=O)C2. The molecule has 2 N–H and O–H groups in total. The van der Waals surface area contributed by atoms with E-state index in [1.165, 1.54) is 12.5 Å². The number of esters is 2. The van der Waals surface area contributed by atoms with E-state index in [0.29, 0.717) is 36.4 Å². The van der Waals surface area contributed by atoms with Gasteiger partial charge >= 0.3 is 17.9 Å². The van der Waals surface area contributed by atoms with Crippen LogP contribution in [0.3, 0.4) is 0 Å². The first-order valence-electron chi connectivity index (χ1n) is 20.9. The number of carbonyl (C=O) groups excluding carboxylic acids is 3. The Bertz CT molecular complexity index is 1730. The van der Waals surface area contributed by atoms with Crippen LogP contribution in [0.25, 0.3) is 0 Å². The number of ketones is 1. The van der Waals surface area contributed by atoms with Crippen molar-refractivity contribution in [2.45, 2.75) is 152 Å². The zero-order valence-electron chi connectivity index (χ0n) is 35.0. The summed E-state index contributed by atoms with van der Waals surface area (Å²) < 4.78 is 12.5. The number of allylic oxidation sites excluding steroid dienone is 1. The molecule has 2 unspecified atom stereocenters. The van der Waals surface area contributed by atoms with E-state index in [1.807, 2.05) is 24.3 Å². The lowest BCUT2D eigenvalue weighted by atomic mass is 9.33. The average Bonchev–Trinajstić information content (AvgIpc) is 3.39. The van der Waals surface area contributed by atoms with E-state index in [9.17, 15) is 24.3 Å². The zero-order valence-corrected chi connectivity index (χ0v) is 35.8. The molecule has 5 aliphatic carbocycles. The molecular formula is C46H66ClNO7. The number of carboxylic acid groups (broad SMARTS) is 1. The summed E-state index contributed by atoms with van der Waals surface area (Å²) in [4.78, 5) is 52.0. The van der Waals surface area contributed by atoms with Crippen molar-refractivity contribution < 1.29 is 33.8 Å². The molecule has 1 aromatic carbocycles. The number of Topliss-reactive ketones (excluding diaryl/α,β-unsaturated/α-hetero) is 1. The summed E-state index contributed by atoms with van der Waals surface area (Å²) >= 11 is 6.14. The third-order valence-corrected chi connectivity index (χ3v) is 16.6. The van der Waals surface area contributed by atoms with E-state index in [1.54, 1.807) is 13.8 Å². The first kappa shape index (κ1) is 41.9. The largest absolute Gasteiger partial charge is 0.481 e. The molecule has 4 fully saturated rings. The smallest absolute Gasteiger partial charge is 0.309 e. The fourth-order valence-electron chi connectivity index (χ4n) is 13.4. The molecule has 0 aliphatic heterocycles. The normalized spacial score (nSPS) is 36.0. The number of benzene rings is 1. The van der Waals surface area contributed by atoms with Crippen molar-refractivity contribution in [3.63, 3.8) is 0 Å². The second-order valence-electron chi connectivity index (χ2n) is 20.4. The minimum absolute atomic E-state index is 0.0168. The van der Waals surface area contributed by atoms with Gasteiger partial charge in [-0.3, -0.25) is 19.2 Å². The molecule has 0 spiro atoms. The molecule has 0 aromatic heterocycles. The van der Waals surface area contributed by atoms with Gasteiger partial charge in [-0.2, -0.15) is 0 Å². The van der Waals surface area contributed by atoms with Gasteiger partial charge in [0, 0.05) is 42.3 Å². The number of carbonyl (C=O) groups is 4. The second-order valence-corrected chi connectivity index (χ2v) is 20.8. The fraction of sp³-hybridized carbons (Fsp3) is 0.739. The van der Waals surface area contributed by atoms with Crippen LogP contribution in [-0.2, 0) is 35.2 Å². The molecule has 304 valence electrons. The highest BCUT2D eigenvalue weighted by atomic mass is 35.5. The molecule has 9 atom stereocenters. The first-order chi connectivity index (χ1) is 25.5. The average molecular weight is 780 g/mol. The molecule has 9 heteroatoms. The van der Waals surface area contributed by atoms with E-state index in [0.717, 1.165) is 62.5 Å². The Kier molecular flexibility index (Phi) is 11.1. The van der Waals surface area contributed by atoms with Crippen molar-refractivity contribution in [1.82, 2.24) is 5.32 Å². The van der Waals surface area contributed by atoms with E-state index in [2.05, 4.69) is 53.8 Å². The molecule has 0 bridgehead atoms. The van der Waals surface area contributed by atoms with Crippen LogP contribution in [0, 0.1) is 56.2 Å². The molecule has 1 aromatic rings. The van der Waals surface area contributed by atoms with Crippen molar-refractivity contribution in [1.29, 1.82) is 0 Å². The topological polar surface area (TPSA) is 119 Å². The van der Waals surface area contributed by atoms with Gasteiger partial charge < -0.3 is 19.9 Å². The number of halogens is 1. The van der Waals surface area contributed by atoms with Crippen LogP contribution in [0.2, 0.25) is 5.02 Å². The number of rotatable bonds is 11. The lowest BCUT2D eigenvalue weighted by Crippen LogP contribution is -2.66. The summed E-state index contributed by atoms with van der Waals surface area (Å²) in [6.45, 7) is 22.1. The summed E-state index contributed by atoms with van der Waals surface area (Å²) in [5.74, 6) is -0.439. The highest BCUT2D eigenvalue weighted by Gasteiger charge is 2.71. The van der Waals surface area contributed by atoms with Gasteiger partial charge in [0.25, 0.3) is 0 Å². The Morgan fingerprint density at radius 2 is 1.60 bits per heavy atom. The number of hydrogen-bond donors (Lipinski definition) is 2. The van der Waals surface area contributed by atoms with Gasteiger partial charge in [0.1, 0.15) is 12.2 Å². The van der Waals surface area contributed by atoms with Crippen molar-refractivity contribution >= 4 is 35.3 Å². The van der Waals surface area contributed by atoms with E-state index < -0.39 is 28.9 Å². The van der Waals surface area contributed by atoms with Gasteiger partial charge in [0.15, 0.2) is 5.78 Å². The highest BCUT2D eigenvalue weighted by Crippen LogP contribution is 2.77. The number of aliphatic carboxylic acids is 1. The van der Waals surface area contributed by atoms with Gasteiger partial charge in [-0.15, -0.1) is 0 Å². The number of ether oxygens (including phenoxy) is 2. The van der Waals surface area contributed by atoms with E-state index in [4.69, 9.17) is 21.1 Å². The third-order valence-electron chi connectivity index (χ3n) is 16.4. The first-order valence-corrected chi connectivity index (χ1v) is 21.2. The molecule has 0 heterocycles. The molecule has 6 rings (SSSR count). The zero-order chi connectivity index (χ0) is 40.5. The summed E-state index contributed by atoms with van der Waals surface area (Å²) in [6, 6.07) is 7.76. The predicted molar refractivity (Wildman–Crippen MR) is 214 cm³/mol. The Labute approximate surface area is 334 Å². The molecule has 8 nitrogen and oxygen atoms in total. The second kappa shape index (κ2) is 14.6. The van der Waals surface area contributed by atoms with Crippen LogP contribution in [0.5, 0.6) is 0 Å². The minimum Gasteiger partial charge on any atom is -0.481 e. The van der Waals surface area contributed by atoms with Crippen LogP contribution < -0.4 is 5.32 Å². The summed E-state index contributed by atoms with van der Waals surface area (Å²) in [5.41, 5.74) is 1.37. The number of fused-ring (bicyclic) bond motifs is 7. The van der Waals surface area contributed by atoms with Gasteiger partial charge in [0.05, 0.1) is 11.8 Å². The monoisotopic (exact) mass is 779 g/mol. The van der Waals surface area contributed by atoms with Gasteiger partial charge in [0.2, 0.25) is 0 Å². The molecule has 55 heavy (non-hydrogen) atoms. The molecular weight excluding hydrogens is 714 g/mol. The summed E-state index contributed by atoms with van der Waals surface area (Å²) in [6.07, 6.45) is 7.14. The van der Waals surface area contributed by atoms with Crippen LogP contribution in [0.1, 0.15) is 139 Å². The van der Waals surface area contributed by atoms with Crippen LogP contribution in [0.15, 0.2) is 35.4 Å². The number of hydrogen-bond acceptors (Lipinski definition) is 7. The summed E-state index contributed by atoms with van der Waals surface area (Å²) in [5, 5.41) is 13.9. The van der Waals surface area contributed by atoms with Crippen molar-refractivity contribution in [3.05, 3.63) is 46.0 Å². The van der Waals surface area contributed by atoms with Crippen molar-refractivity contribution in [2.24, 2.45) is 56.2 Å². The van der Waals surface area contributed by atoms with Gasteiger partial charge in [-0.1, -0.05) is 72.2 Å². The maximum atomic E-state index is 14.3. The third kappa shape index (κ3) is 6.91. The van der Waals surface area contributed by atoms with Crippen molar-refractivity contribution in [2.75, 3.05) is 6.54 Å². The van der Waals surface area contributed by atoms with Crippen LogP contribution >= 0.6 is 11.6 Å². The van der Waals surface area contributed by atoms with Crippen LogP contribution in [-0.4, -0.2) is 47.6 Å². The van der Waals surface area contributed by atoms with E-state index in [-0.39, 0.29) is 57.8 Å². The maximum Gasteiger partial charge on any atom is 0.309 e. The Morgan fingerprint density at radius 1 is 0.927 bits per heavy atom. The summed E-state index contributed by atoms with van der Waals surface area (Å²) in [7, 11) is 0. The molecule has 5 aliphatic rings. The number of carboxylic acids is 1. The lowest BCUT2D eigenvalue weighted by Gasteiger charge is -2.72. The van der Waals surface area contributed by atoms with Crippen LogP contribution in [0.4, 0.5) is 0 Å². The maximum absolute atomic E-state index is 14.3. The molecule has 0 saturated heterocycles. The standard InChI is InChI=1S/C46H66ClNO7/c1-27(2)38-32(50)23-46(36(54-28(3)49)26-48-25-29-11-13-30(47)14-12-29)22-21-44(9)31(39(38)46)15-16-34-43(8)19-18-35(55-37(51)24-41(4,5)40(52)53)42(6,7)33(43)17-20-45(34,44)10/h11-14,27,31,33-36,48H,15-26H2,1-10H3,(H,52,53)/t31-,33?,34?,35+,36-,43+,44-,45-,46+/m1/s1. The minimum atomic E-state index is -1.18. The Hall–Kier alpha value is -2.71.